The minimum Gasteiger partial charge on any atom is -0.822 e. The molecule has 0 aromatic carbocycles. The number of phosphoric acid groups is 1. The average molecular weight is 228 g/mol. The van der Waals surface area contributed by atoms with Crippen LogP contribution in [0.4, 0.5) is 0 Å². The summed E-state index contributed by atoms with van der Waals surface area (Å²) in [6.07, 6.45) is 0. The van der Waals surface area contributed by atoms with Crippen LogP contribution in [-0.2, 0) is 40.2 Å². The maximum Gasteiger partial charge on any atom is 5.00 e. The maximum absolute atomic E-state index is 8.55. The molecule has 37 valence electrons. The minimum absolute atomic E-state index is 0. The molecule has 8 heavy (non-hydrogen) atoms. The van der Waals surface area contributed by atoms with Gasteiger partial charge in [-0.3, -0.25) is 0 Å². The van der Waals surface area contributed by atoms with Gasteiger partial charge in [-0.15, -0.1) is 0 Å². The van der Waals surface area contributed by atoms with Gasteiger partial charge in [-0.1, -0.05) is 0 Å². The molecular weight excluding hydrogens is 228 g/mol. The van der Waals surface area contributed by atoms with Crippen LogP contribution >= 0.6 is 7.82 Å². The third-order valence-electron chi connectivity index (χ3n) is 0. The van der Waals surface area contributed by atoms with Crippen molar-refractivity contribution in [1.82, 2.24) is 0 Å². The van der Waals surface area contributed by atoms with Crippen LogP contribution < -0.4 is 14.7 Å². The molecule has 0 saturated heterocycles. The van der Waals surface area contributed by atoms with Gasteiger partial charge in [0.25, 0.3) is 0 Å². The van der Waals surface area contributed by atoms with Crippen LogP contribution in [-0.4, -0.2) is 17.4 Å². The van der Waals surface area contributed by atoms with Gasteiger partial charge in [-0.2, -0.15) is 7.82 Å². The Kier molecular flexibility index (Phi) is 24.7. The number of hydrogen-bond donors (Lipinski definition) is 0. The quantitative estimate of drug-likeness (QED) is 0.322. The molecule has 0 atom stereocenters. The Bertz CT molecular complexity index is 62.2. The maximum atomic E-state index is 8.55. The van der Waals surface area contributed by atoms with Crippen LogP contribution in [0.2, 0.25) is 0 Å². The summed E-state index contributed by atoms with van der Waals surface area (Å²) >= 11 is 0. The molecule has 0 amide bonds. The molecular formula is AlMnO4PV+7. The zero-order valence-electron chi connectivity index (χ0n) is 3.48. The molecule has 0 saturated carbocycles. The first-order valence-corrected chi connectivity index (χ1v) is 2.19. The van der Waals surface area contributed by atoms with Crippen molar-refractivity contribution in [3.63, 3.8) is 0 Å². The Labute approximate surface area is 79.8 Å². The van der Waals surface area contributed by atoms with Gasteiger partial charge in [0.15, 0.2) is 0 Å². The van der Waals surface area contributed by atoms with Crippen LogP contribution in [0.25, 0.3) is 0 Å². The van der Waals surface area contributed by atoms with Gasteiger partial charge >= 0.3 is 53.0 Å². The Morgan fingerprint density at radius 1 is 1.12 bits per heavy atom. The largest absolute Gasteiger partial charge is 5.00 e. The normalized spacial score (nSPS) is 7.38. The molecule has 0 fully saturated rings. The molecule has 0 N–H and O–H groups in total. The van der Waals surface area contributed by atoms with Crippen LogP contribution in [0.3, 0.4) is 0 Å². The fourth-order valence-electron chi connectivity index (χ4n) is 0. The molecule has 0 spiro atoms. The van der Waals surface area contributed by atoms with Gasteiger partial charge in [0.1, 0.15) is 0 Å². The van der Waals surface area contributed by atoms with E-state index in [2.05, 4.69) is 0 Å². The molecule has 0 unspecified atom stereocenters. The third-order valence-corrected chi connectivity index (χ3v) is 0. The van der Waals surface area contributed by atoms with Gasteiger partial charge in [0, 0.05) is 0 Å². The van der Waals surface area contributed by atoms with Gasteiger partial charge in [-0.25, -0.2) is 0 Å². The molecule has 0 bridgehead atoms. The van der Waals surface area contributed by atoms with Crippen LogP contribution in [0, 0.1) is 0 Å². The van der Waals surface area contributed by atoms with Crippen molar-refractivity contribution < 1.29 is 54.9 Å². The van der Waals surface area contributed by atoms with E-state index in [1.165, 1.54) is 0 Å². The van der Waals surface area contributed by atoms with Crippen molar-refractivity contribution in [3.05, 3.63) is 0 Å². The number of rotatable bonds is 0. The Balaban J connectivity index is -0.0000000267. The first kappa shape index (κ1) is 22.6. The molecule has 1 radical (unpaired) electrons. The van der Waals surface area contributed by atoms with Crippen molar-refractivity contribution in [2.24, 2.45) is 0 Å². The van der Waals surface area contributed by atoms with E-state index in [4.69, 9.17) is 19.2 Å². The van der Waals surface area contributed by atoms with Gasteiger partial charge in [0.05, 0.1) is 0 Å². The first-order valence-electron chi connectivity index (χ1n) is 0.730. The Morgan fingerprint density at radius 2 is 1.12 bits per heavy atom. The molecule has 0 aromatic heterocycles. The molecule has 0 aromatic rings. The Morgan fingerprint density at radius 3 is 1.12 bits per heavy atom. The van der Waals surface area contributed by atoms with Gasteiger partial charge in [0.2, 0.25) is 0 Å². The van der Waals surface area contributed by atoms with Crippen molar-refractivity contribution in [3.8, 4) is 0 Å². The molecule has 0 heterocycles. The summed E-state index contributed by atoms with van der Waals surface area (Å²) in [7, 11) is -5.39. The summed E-state index contributed by atoms with van der Waals surface area (Å²) in [5.74, 6) is 0. The molecule has 4 nitrogen and oxygen atoms in total. The minimum atomic E-state index is -5.39. The summed E-state index contributed by atoms with van der Waals surface area (Å²) in [6.45, 7) is 0. The fourth-order valence-corrected chi connectivity index (χ4v) is 0. The van der Waals surface area contributed by atoms with E-state index in [1.807, 2.05) is 0 Å². The zero-order chi connectivity index (χ0) is 4.50. The summed E-state index contributed by atoms with van der Waals surface area (Å²) in [5, 5.41) is 0. The monoisotopic (exact) mass is 228 g/mol. The topological polar surface area (TPSA) is 86.2 Å². The molecule has 8 heteroatoms. The van der Waals surface area contributed by atoms with E-state index in [1.54, 1.807) is 0 Å². The van der Waals surface area contributed by atoms with E-state index in [0.717, 1.165) is 0 Å². The predicted octanol–water partition coefficient (Wildman–Crippen LogP) is -3.21. The molecule has 0 aliphatic heterocycles. The van der Waals surface area contributed by atoms with Gasteiger partial charge in [-0.05, 0) is 0 Å². The average Bonchev–Trinajstić information content (AvgIpc) is 0.722. The molecule has 0 rings (SSSR count). The second kappa shape index (κ2) is 8.75. The smallest absolute Gasteiger partial charge is 0.822 e. The number of hydrogen-bond acceptors (Lipinski definition) is 4. The van der Waals surface area contributed by atoms with Crippen molar-refractivity contribution in [1.29, 1.82) is 0 Å². The predicted molar refractivity (Wildman–Crippen MR) is 13.4 cm³/mol. The van der Waals surface area contributed by atoms with E-state index in [-0.39, 0.29) is 53.0 Å². The second-order valence-corrected chi connectivity index (χ2v) is 1.34. The summed E-state index contributed by atoms with van der Waals surface area (Å²) < 4.78 is 8.55. The van der Waals surface area contributed by atoms with Gasteiger partial charge < -0.3 is 19.2 Å². The van der Waals surface area contributed by atoms with Crippen LogP contribution in [0.15, 0.2) is 0 Å². The molecule has 0 aliphatic carbocycles. The van der Waals surface area contributed by atoms with Crippen molar-refractivity contribution in [2.45, 2.75) is 0 Å². The zero-order valence-corrected chi connectivity index (χ0v) is 8.11. The second-order valence-electron chi connectivity index (χ2n) is 0.447. The SMILES string of the molecule is O=P([O-])([O-])[O-].[Al+3].[Mn+2].[V+5]. The fraction of sp³-hybridized carbons (Fsp3) is 0. The standard InChI is InChI=1S/Al.Mn.H3O4P.V/c;;1-5(2,3)4;/h;;(H3,1,2,3,4);/q+3;+2;;+5/p-3. The third kappa shape index (κ3) is 116. The van der Waals surface area contributed by atoms with Crippen LogP contribution in [0.5, 0.6) is 0 Å². The van der Waals surface area contributed by atoms with E-state index >= 15 is 0 Å². The van der Waals surface area contributed by atoms with Crippen molar-refractivity contribution >= 4 is 25.2 Å². The first-order chi connectivity index (χ1) is 2.00. The molecule has 0 aliphatic rings. The summed E-state index contributed by atoms with van der Waals surface area (Å²) in [5.41, 5.74) is 0. The van der Waals surface area contributed by atoms with E-state index < -0.39 is 7.82 Å². The summed E-state index contributed by atoms with van der Waals surface area (Å²) in [4.78, 5) is 25.6. The van der Waals surface area contributed by atoms with E-state index in [0.29, 0.717) is 0 Å². The van der Waals surface area contributed by atoms with Crippen LogP contribution in [0.1, 0.15) is 0 Å². The van der Waals surface area contributed by atoms with Crippen molar-refractivity contribution in [2.75, 3.05) is 0 Å². The van der Waals surface area contributed by atoms with E-state index in [9.17, 15) is 0 Å². The summed E-state index contributed by atoms with van der Waals surface area (Å²) in [6, 6.07) is 0. The Hall–Kier alpha value is 1.75.